The lowest BCUT2D eigenvalue weighted by Crippen LogP contribution is -2.39. The van der Waals surface area contributed by atoms with Crippen molar-refractivity contribution in [1.82, 2.24) is 9.80 Å². The van der Waals surface area contributed by atoms with Crippen LogP contribution in [-0.2, 0) is 0 Å². The van der Waals surface area contributed by atoms with Crippen LogP contribution in [0, 0.1) is 17.2 Å². The summed E-state index contributed by atoms with van der Waals surface area (Å²) < 4.78 is 0. The highest BCUT2D eigenvalue weighted by Crippen LogP contribution is 2.18. The maximum absolute atomic E-state index is 8.65. The summed E-state index contributed by atoms with van der Waals surface area (Å²) in [6.45, 7) is 4.62. The van der Waals surface area contributed by atoms with Crippen LogP contribution < -0.4 is 0 Å². The van der Waals surface area contributed by atoms with Crippen LogP contribution in [0.1, 0.15) is 19.3 Å². The van der Waals surface area contributed by atoms with Gasteiger partial charge in [-0.15, -0.1) is 0 Å². The molecule has 0 saturated carbocycles. The first-order valence-corrected chi connectivity index (χ1v) is 5.46. The minimum Gasteiger partial charge on any atom is -0.308 e. The molecule has 0 bridgehead atoms. The molecule has 1 aliphatic rings. The molecule has 1 atom stereocenters. The summed E-state index contributed by atoms with van der Waals surface area (Å²) in [6.07, 6.45) is 3.24. The summed E-state index contributed by atoms with van der Waals surface area (Å²) >= 11 is 0. The van der Waals surface area contributed by atoms with Crippen molar-refractivity contribution in [3.05, 3.63) is 0 Å². The van der Waals surface area contributed by atoms with E-state index in [1.54, 1.807) is 0 Å². The lowest BCUT2D eigenvalue weighted by atomic mass is 9.95. The van der Waals surface area contributed by atoms with Gasteiger partial charge in [-0.3, -0.25) is 0 Å². The Kier molecular flexibility index (Phi) is 4.92. The Balaban J connectivity index is 2.22. The summed E-state index contributed by atoms with van der Waals surface area (Å²) in [5.41, 5.74) is 0. The molecule has 14 heavy (non-hydrogen) atoms. The Morgan fingerprint density at radius 3 is 2.93 bits per heavy atom. The average molecular weight is 195 g/mol. The summed E-state index contributed by atoms with van der Waals surface area (Å²) in [5, 5.41) is 8.65. The Morgan fingerprint density at radius 2 is 2.29 bits per heavy atom. The molecule has 0 aromatic heterocycles. The van der Waals surface area contributed by atoms with Crippen LogP contribution in [0.4, 0.5) is 0 Å². The summed E-state index contributed by atoms with van der Waals surface area (Å²) in [7, 11) is 4.22. The van der Waals surface area contributed by atoms with Gasteiger partial charge in [-0.05, 0) is 39.4 Å². The highest BCUT2D eigenvalue weighted by Gasteiger charge is 2.18. The molecule has 3 nitrogen and oxygen atoms in total. The van der Waals surface area contributed by atoms with E-state index in [4.69, 9.17) is 5.26 Å². The minimum absolute atomic E-state index is 0.621. The van der Waals surface area contributed by atoms with Crippen molar-refractivity contribution in [1.29, 1.82) is 5.26 Å². The molecule has 0 aliphatic carbocycles. The second-order valence-corrected chi connectivity index (χ2v) is 4.47. The van der Waals surface area contributed by atoms with Crippen LogP contribution >= 0.6 is 0 Å². The highest BCUT2D eigenvalue weighted by molar-refractivity contribution is 4.81. The fourth-order valence-corrected chi connectivity index (χ4v) is 1.99. The fourth-order valence-electron chi connectivity index (χ4n) is 1.99. The predicted octanol–water partition coefficient (Wildman–Crippen LogP) is 1.17. The topological polar surface area (TPSA) is 30.3 Å². The predicted molar refractivity (Wildman–Crippen MR) is 57.9 cm³/mol. The first-order valence-electron chi connectivity index (χ1n) is 5.46. The average Bonchev–Trinajstić information content (AvgIpc) is 2.16. The van der Waals surface area contributed by atoms with Gasteiger partial charge in [0.05, 0.1) is 6.07 Å². The zero-order valence-corrected chi connectivity index (χ0v) is 9.37. The van der Waals surface area contributed by atoms with Gasteiger partial charge in [0.25, 0.3) is 0 Å². The van der Waals surface area contributed by atoms with Gasteiger partial charge in [0, 0.05) is 26.1 Å². The molecule has 0 N–H and O–H groups in total. The van der Waals surface area contributed by atoms with E-state index in [0.29, 0.717) is 5.92 Å². The van der Waals surface area contributed by atoms with E-state index < -0.39 is 0 Å². The van der Waals surface area contributed by atoms with Crippen LogP contribution in [0.2, 0.25) is 0 Å². The summed E-state index contributed by atoms with van der Waals surface area (Å²) in [5.74, 6) is 0.621. The molecule has 0 aromatic carbocycles. The van der Waals surface area contributed by atoms with Crippen LogP contribution in [0.25, 0.3) is 0 Å². The Labute approximate surface area is 87.3 Å². The third-order valence-corrected chi connectivity index (χ3v) is 2.85. The van der Waals surface area contributed by atoms with Crippen molar-refractivity contribution in [2.24, 2.45) is 5.92 Å². The van der Waals surface area contributed by atoms with Crippen LogP contribution in [0.3, 0.4) is 0 Å². The number of rotatable bonds is 4. The van der Waals surface area contributed by atoms with Crippen molar-refractivity contribution in [3.8, 4) is 6.07 Å². The van der Waals surface area contributed by atoms with E-state index in [2.05, 4.69) is 30.0 Å². The molecule has 1 rings (SSSR count). The summed E-state index contributed by atoms with van der Waals surface area (Å²) in [6, 6.07) is 2.29. The van der Waals surface area contributed by atoms with Gasteiger partial charge in [-0.25, -0.2) is 0 Å². The van der Waals surface area contributed by atoms with E-state index in [1.165, 1.54) is 19.4 Å². The first kappa shape index (κ1) is 11.5. The number of nitriles is 1. The number of hydrogen-bond acceptors (Lipinski definition) is 3. The molecule has 1 saturated heterocycles. The van der Waals surface area contributed by atoms with E-state index in [9.17, 15) is 0 Å². The molecule has 0 aromatic rings. The van der Waals surface area contributed by atoms with Gasteiger partial charge in [-0.2, -0.15) is 5.26 Å². The second-order valence-electron chi connectivity index (χ2n) is 4.47. The van der Waals surface area contributed by atoms with Crippen molar-refractivity contribution >= 4 is 0 Å². The van der Waals surface area contributed by atoms with Crippen LogP contribution in [0.5, 0.6) is 0 Å². The Morgan fingerprint density at radius 1 is 1.50 bits per heavy atom. The van der Waals surface area contributed by atoms with Crippen molar-refractivity contribution < 1.29 is 0 Å². The highest BCUT2D eigenvalue weighted by atomic mass is 15.2. The second kappa shape index (κ2) is 6.00. The largest absolute Gasteiger partial charge is 0.308 e. The normalized spacial score (nSPS) is 23.7. The molecule has 1 aliphatic heterocycles. The van der Waals surface area contributed by atoms with Crippen molar-refractivity contribution in [2.45, 2.75) is 19.3 Å². The van der Waals surface area contributed by atoms with E-state index >= 15 is 0 Å². The van der Waals surface area contributed by atoms with Crippen molar-refractivity contribution in [2.75, 3.05) is 40.3 Å². The van der Waals surface area contributed by atoms with Crippen LogP contribution in [0.15, 0.2) is 0 Å². The molecular formula is C11H21N3. The molecular weight excluding hydrogens is 174 g/mol. The maximum Gasteiger partial charge on any atom is 0.0625 e. The van der Waals surface area contributed by atoms with Gasteiger partial charge >= 0.3 is 0 Å². The maximum atomic E-state index is 8.65. The zero-order chi connectivity index (χ0) is 10.4. The number of nitrogens with zero attached hydrogens (tertiary/aromatic N) is 3. The molecule has 0 radical (unpaired) electrons. The van der Waals surface area contributed by atoms with E-state index in [0.717, 1.165) is 26.1 Å². The number of hydrogen-bond donors (Lipinski definition) is 0. The van der Waals surface area contributed by atoms with Crippen molar-refractivity contribution in [3.63, 3.8) is 0 Å². The molecule has 1 fully saturated rings. The molecule has 3 heteroatoms. The van der Waals surface area contributed by atoms with E-state index in [-0.39, 0.29) is 0 Å². The van der Waals surface area contributed by atoms with E-state index in [1.807, 2.05) is 0 Å². The third-order valence-electron chi connectivity index (χ3n) is 2.85. The number of likely N-dealkylation sites (tertiary alicyclic amines) is 1. The Bertz CT molecular complexity index is 195. The third kappa shape index (κ3) is 4.08. The summed E-state index contributed by atoms with van der Waals surface area (Å²) in [4.78, 5) is 4.71. The van der Waals surface area contributed by atoms with Gasteiger partial charge in [0.15, 0.2) is 0 Å². The quantitative estimate of drug-likeness (QED) is 0.674. The number of piperidine rings is 1. The fraction of sp³-hybridized carbons (Fsp3) is 0.909. The monoisotopic (exact) mass is 195 g/mol. The van der Waals surface area contributed by atoms with Gasteiger partial charge < -0.3 is 9.80 Å². The molecule has 80 valence electrons. The van der Waals surface area contributed by atoms with Gasteiger partial charge in [0.1, 0.15) is 0 Å². The number of likely N-dealkylation sites (N-methyl/N-ethyl adjacent to an activating group) is 1. The first-order chi connectivity index (χ1) is 6.72. The molecule has 0 spiro atoms. The zero-order valence-electron chi connectivity index (χ0n) is 9.37. The van der Waals surface area contributed by atoms with Gasteiger partial charge in [-0.1, -0.05) is 0 Å². The van der Waals surface area contributed by atoms with Crippen LogP contribution in [-0.4, -0.2) is 50.1 Å². The minimum atomic E-state index is 0.621. The molecule has 1 unspecified atom stereocenters. The Hall–Kier alpha value is -0.590. The lowest BCUT2D eigenvalue weighted by Gasteiger charge is -2.32. The molecule has 1 heterocycles. The lowest BCUT2D eigenvalue weighted by molar-refractivity contribution is 0.163. The molecule has 0 amide bonds. The van der Waals surface area contributed by atoms with Gasteiger partial charge in [0.2, 0.25) is 0 Å². The SMILES string of the molecule is CN(C)CCN1CCCC(CC#N)C1. The smallest absolute Gasteiger partial charge is 0.0625 e. The standard InChI is InChI=1S/C11H21N3/c1-13(2)8-9-14-7-3-4-11(10-14)5-6-12/h11H,3-5,7-10H2,1-2H3.